The Balaban J connectivity index is 1.57. The smallest absolute Gasteiger partial charge is 0.257 e. The number of rotatable bonds is 6. The number of likely N-dealkylation sites (tertiary alicyclic amines) is 1. The number of hydrogen-bond acceptors (Lipinski definition) is 6. The number of ether oxygens (including phenoxy) is 3. The third-order valence-corrected chi connectivity index (χ3v) is 7.54. The number of nitrogens with one attached hydrogen (secondary N) is 1. The first kappa shape index (κ1) is 23.4. The molecule has 1 atom stereocenters. The van der Waals surface area contributed by atoms with Gasteiger partial charge in [0.25, 0.3) is 5.91 Å². The fourth-order valence-electron chi connectivity index (χ4n) is 4.16. The van der Waals surface area contributed by atoms with Crippen molar-refractivity contribution in [3.8, 4) is 17.2 Å². The van der Waals surface area contributed by atoms with Crippen LogP contribution in [0.1, 0.15) is 54.6 Å². The van der Waals surface area contributed by atoms with Crippen molar-refractivity contribution in [2.24, 2.45) is 0 Å². The molecule has 178 valence electrons. The lowest BCUT2D eigenvalue weighted by atomic mass is 10.1. The molecular formula is C24H30N2O6S. The Morgan fingerprint density at radius 1 is 1.00 bits per heavy atom. The van der Waals surface area contributed by atoms with Gasteiger partial charge >= 0.3 is 0 Å². The predicted octanol–water partition coefficient (Wildman–Crippen LogP) is 3.52. The summed E-state index contributed by atoms with van der Waals surface area (Å²) in [6.45, 7) is 4.03. The first-order chi connectivity index (χ1) is 15.9. The van der Waals surface area contributed by atoms with Gasteiger partial charge in [0.05, 0.1) is 17.6 Å². The van der Waals surface area contributed by atoms with Gasteiger partial charge in [-0.3, -0.25) is 4.79 Å². The Morgan fingerprint density at radius 2 is 1.70 bits per heavy atom. The van der Waals surface area contributed by atoms with E-state index in [0.717, 1.165) is 31.2 Å². The zero-order chi connectivity index (χ0) is 23.4. The Morgan fingerprint density at radius 3 is 2.39 bits per heavy atom. The number of carbonyl (C=O) groups excluding carboxylic acids is 1. The minimum absolute atomic E-state index is 0.0193. The molecule has 0 aromatic heterocycles. The van der Waals surface area contributed by atoms with Crippen LogP contribution < -0.4 is 18.9 Å². The van der Waals surface area contributed by atoms with E-state index < -0.39 is 16.1 Å². The second kappa shape index (κ2) is 10.0. The van der Waals surface area contributed by atoms with Gasteiger partial charge in [-0.2, -0.15) is 0 Å². The van der Waals surface area contributed by atoms with E-state index in [2.05, 4.69) is 4.72 Å². The molecule has 1 fully saturated rings. The standard InChI is InChI=1S/C24H30N2O6S/c1-17(18-7-9-22-23(15-18)32-14-13-31-22)25-33(28,29)19-8-10-21(30-2)20(16-19)24(27)26-11-5-3-4-6-12-26/h7-10,15-17,25H,3-6,11-14H2,1-2H3/t17-/m1/s1. The molecule has 9 heteroatoms. The monoisotopic (exact) mass is 474 g/mol. The van der Waals surface area contributed by atoms with Crippen LogP contribution in [0.3, 0.4) is 0 Å². The highest BCUT2D eigenvalue weighted by Crippen LogP contribution is 2.33. The van der Waals surface area contributed by atoms with Crippen LogP contribution >= 0.6 is 0 Å². The average Bonchev–Trinajstić information content (AvgIpc) is 3.12. The highest BCUT2D eigenvalue weighted by molar-refractivity contribution is 7.89. The second-order valence-electron chi connectivity index (χ2n) is 8.31. The highest BCUT2D eigenvalue weighted by atomic mass is 32.2. The third kappa shape index (κ3) is 5.25. The molecule has 0 saturated carbocycles. The van der Waals surface area contributed by atoms with Crippen LogP contribution in [-0.4, -0.2) is 52.6 Å². The van der Waals surface area contributed by atoms with Crippen LogP contribution in [-0.2, 0) is 10.0 Å². The SMILES string of the molecule is COc1ccc(S(=O)(=O)N[C@H](C)c2ccc3c(c2)OCCO3)cc1C(=O)N1CCCCCC1. The molecule has 0 spiro atoms. The maximum absolute atomic E-state index is 13.2. The molecule has 2 aromatic carbocycles. The fraction of sp³-hybridized carbons (Fsp3) is 0.458. The van der Waals surface area contributed by atoms with E-state index in [4.69, 9.17) is 14.2 Å². The van der Waals surface area contributed by atoms with Gasteiger partial charge in [0.2, 0.25) is 10.0 Å². The van der Waals surface area contributed by atoms with Crippen LogP contribution in [0, 0.1) is 0 Å². The van der Waals surface area contributed by atoms with E-state index in [1.54, 1.807) is 24.0 Å². The zero-order valence-electron chi connectivity index (χ0n) is 19.0. The van der Waals surface area contributed by atoms with E-state index in [9.17, 15) is 13.2 Å². The third-order valence-electron chi connectivity index (χ3n) is 6.00. The lowest BCUT2D eigenvalue weighted by molar-refractivity contribution is 0.0758. The fourth-order valence-corrected chi connectivity index (χ4v) is 5.42. The zero-order valence-corrected chi connectivity index (χ0v) is 19.8. The topological polar surface area (TPSA) is 94.2 Å². The molecule has 1 N–H and O–H groups in total. The molecule has 2 aliphatic rings. The summed E-state index contributed by atoms with van der Waals surface area (Å²) in [5, 5.41) is 0. The van der Waals surface area contributed by atoms with Gasteiger partial charge in [-0.15, -0.1) is 0 Å². The summed E-state index contributed by atoms with van der Waals surface area (Å²) in [6, 6.07) is 9.25. The highest BCUT2D eigenvalue weighted by Gasteiger charge is 2.25. The van der Waals surface area contributed by atoms with Crippen LogP contribution in [0.4, 0.5) is 0 Å². The quantitative estimate of drug-likeness (QED) is 0.689. The molecule has 4 rings (SSSR count). The largest absolute Gasteiger partial charge is 0.496 e. The average molecular weight is 475 g/mol. The first-order valence-electron chi connectivity index (χ1n) is 11.3. The molecule has 8 nitrogen and oxygen atoms in total. The van der Waals surface area contributed by atoms with Crippen molar-refractivity contribution in [3.63, 3.8) is 0 Å². The summed E-state index contributed by atoms with van der Waals surface area (Å²) >= 11 is 0. The first-order valence-corrected chi connectivity index (χ1v) is 12.8. The molecule has 0 radical (unpaired) electrons. The molecule has 2 heterocycles. The molecule has 0 bridgehead atoms. The molecular weight excluding hydrogens is 444 g/mol. The number of benzene rings is 2. The van der Waals surface area contributed by atoms with Gasteiger partial charge < -0.3 is 19.1 Å². The van der Waals surface area contributed by atoms with Crippen molar-refractivity contribution in [1.29, 1.82) is 0 Å². The Bertz CT molecular complexity index is 1110. The number of methoxy groups -OCH3 is 1. The minimum Gasteiger partial charge on any atom is -0.496 e. The molecule has 0 aliphatic carbocycles. The van der Waals surface area contributed by atoms with Crippen molar-refractivity contribution in [2.45, 2.75) is 43.5 Å². The summed E-state index contributed by atoms with van der Waals surface area (Å²) < 4.78 is 45.6. The van der Waals surface area contributed by atoms with E-state index in [0.29, 0.717) is 43.6 Å². The Kier molecular flexibility index (Phi) is 7.09. The second-order valence-corrected chi connectivity index (χ2v) is 10.0. The molecule has 1 saturated heterocycles. The number of sulfonamides is 1. The molecule has 2 aliphatic heterocycles. The summed E-state index contributed by atoms with van der Waals surface area (Å²) in [4.78, 5) is 15.0. The summed E-state index contributed by atoms with van der Waals surface area (Å²) in [6.07, 6.45) is 4.08. The number of fused-ring (bicyclic) bond motifs is 1. The van der Waals surface area contributed by atoms with Gasteiger partial charge in [-0.1, -0.05) is 18.9 Å². The van der Waals surface area contributed by atoms with Crippen LogP contribution in [0.25, 0.3) is 0 Å². The number of hydrogen-bond donors (Lipinski definition) is 1. The predicted molar refractivity (Wildman–Crippen MR) is 124 cm³/mol. The van der Waals surface area contributed by atoms with Gasteiger partial charge in [0.1, 0.15) is 19.0 Å². The van der Waals surface area contributed by atoms with Gasteiger partial charge in [0, 0.05) is 19.1 Å². The van der Waals surface area contributed by atoms with Gasteiger partial charge in [-0.05, 0) is 55.7 Å². The van der Waals surface area contributed by atoms with E-state index in [1.165, 1.54) is 25.3 Å². The van der Waals surface area contributed by atoms with Crippen molar-refractivity contribution in [1.82, 2.24) is 9.62 Å². The summed E-state index contributed by atoms with van der Waals surface area (Å²) in [5.41, 5.74) is 1.01. The molecule has 2 aromatic rings. The Labute approximate surface area is 194 Å². The number of carbonyl (C=O) groups is 1. The van der Waals surface area contributed by atoms with E-state index >= 15 is 0 Å². The number of nitrogens with zero attached hydrogens (tertiary/aromatic N) is 1. The summed E-state index contributed by atoms with van der Waals surface area (Å²) in [5.74, 6) is 1.40. The van der Waals surface area contributed by atoms with E-state index in [1.807, 2.05) is 6.07 Å². The maximum Gasteiger partial charge on any atom is 0.257 e. The summed E-state index contributed by atoms with van der Waals surface area (Å²) in [7, 11) is -2.42. The maximum atomic E-state index is 13.2. The van der Waals surface area contributed by atoms with Gasteiger partial charge in [0.15, 0.2) is 11.5 Å². The van der Waals surface area contributed by atoms with Crippen molar-refractivity contribution >= 4 is 15.9 Å². The number of amides is 1. The Hall–Kier alpha value is -2.78. The van der Waals surface area contributed by atoms with Crippen molar-refractivity contribution in [2.75, 3.05) is 33.4 Å². The van der Waals surface area contributed by atoms with Crippen molar-refractivity contribution in [3.05, 3.63) is 47.5 Å². The molecule has 0 unspecified atom stereocenters. The normalized spacial score (nSPS) is 17.2. The van der Waals surface area contributed by atoms with Crippen LogP contribution in [0.2, 0.25) is 0 Å². The van der Waals surface area contributed by atoms with Crippen molar-refractivity contribution < 1.29 is 27.4 Å². The van der Waals surface area contributed by atoms with Crippen LogP contribution in [0.5, 0.6) is 17.2 Å². The molecule has 1 amide bonds. The molecule has 33 heavy (non-hydrogen) atoms. The van der Waals surface area contributed by atoms with Crippen LogP contribution in [0.15, 0.2) is 41.3 Å². The van der Waals surface area contributed by atoms with Gasteiger partial charge in [-0.25, -0.2) is 13.1 Å². The van der Waals surface area contributed by atoms with E-state index in [-0.39, 0.29) is 16.4 Å². The lowest BCUT2D eigenvalue weighted by Crippen LogP contribution is -2.32. The lowest BCUT2D eigenvalue weighted by Gasteiger charge is -2.22. The minimum atomic E-state index is -3.90.